The van der Waals surface area contributed by atoms with E-state index < -0.39 is 50.3 Å². The number of carbonyl (C=O) groups is 3. The molecule has 0 fully saturated rings. The van der Waals surface area contributed by atoms with Crippen LogP contribution < -0.4 is 48.6 Å². The lowest BCUT2D eigenvalue weighted by atomic mass is 10.1. The van der Waals surface area contributed by atoms with Crippen molar-refractivity contribution in [2.24, 2.45) is 0 Å². The van der Waals surface area contributed by atoms with Crippen LogP contribution in [0.25, 0.3) is 12.2 Å². The van der Waals surface area contributed by atoms with Gasteiger partial charge >= 0.3 is 0 Å². The number of nitrogens with two attached hydrogens (primary N) is 6. The molecule has 77 heavy (non-hydrogen) atoms. The molecule has 7 rings (SSSR count). The quantitative estimate of drug-likeness (QED) is 0.0278. The van der Waals surface area contributed by atoms with Crippen molar-refractivity contribution in [3.63, 3.8) is 0 Å². The molecule has 7 aromatic rings. The summed E-state index contributed by atoms with van der Waals surface area (Å²) in [4.78, 5) is 29.6. The monoisotopic (exact) mass is 1160 g/mol. The van der Waals surface area contributed by atoms with Crippen LogP contribution in [0.4, 0.5) is 34.1 Å². The van der Waals surface area contributed by atoms with Crippen LogP contribution in [0.5, 0.6) is 16.6 Å². The second-order valence-corrected chi connectivity index (χ2v) is 21.3. The Morgan fingerprint density at radius 1 is 0.403 bits per heavy atom. The van der Waals surface area contributed by atoms with Crippen molar-refractivity contribution >= 4 is 117 Å². The lowest BCUT2D eigenvalue weighted by molar-refractivity contribution is 0.111. The molecular formula is C48H52N6O18S5. The first-order chi connectivity index (χ1) is 35.9. The number of aldehydes is 3. The van der Waals surface area contributed by atoms with Gasteiger partial charge in [-0.05, 0) is 120 Å². The van der Waals surface area contributed by atoms with E-state index in [1.165, 1.54) is 72.0 Å². The number of ether oxygens (including phenoxy) is 3. The molecule has 0 radical (unpaired) electrons. The SMILES string of the molecule is COc1ccc(C=O)cc1.COc1ccc(C=O)s1.COc1cccc(C=O)c1.Nc1ccc(/C=C/c2ccc(N)cc2S(=O)(=O)O)c(S(=O)(=O)O)c1.Nc1ccc(N)c(S(=O)(=O)O)c1.Nc1ccc(S(=O)(=O)O)c(N)c1. The van der Waals surface area contributed by atoms with Crippen LogP contribution >= 0.6 is 11.3 Å². The second kappa shape index (κ2) is 29.6. The Labute approximate surface area is 447 Å². The van der Waals surface area contributed by atoms with E-state index in [0.717, 1.165) is 53.9 Å². The zero-order valence-corrected chi connectivity index (χ0v) is 44.7. The van der Waals surface area contributed by atoms with Crippen LogP contribution in [0.1, 0.15) is 41.5 Å². The molecule has 0 aliphatic heterocycles. The fraction of sp³-hybridized carbons (Fsp3) is 0.0625. The van der Waals surface area contributed by atoms with Crippen molar-refractivity contribution in [1.29, 1.82) is 0 Å². The van der Waals surface area contributed by atoms with Crippen molar-refractivity contribution in [3.8, 4) is 16.6 Å². The summed E-state index contributed by atoms with van der Waals surface area (Å²) < 4.78 is 138. The van der Waals surface area contributed by atoms with Crippen LogP contribution in [0.15, 0.2) is 153 Å². The summed E-state index contributed by atoms with van der Waals surface area (Å²) in [6.45, 7) is 0. The zero-order valence-electron chi connectivity index (χ0n) is 40.6. The van der Waals surface area contributed by atoms with E-state index in [9.17, 15) is 57.2 Å². The van der Waals surface area contributed by atoms with Crippen molar-refractivity contribution in [1.82, 2.24) is 0 Å². The summed E-state index contributed by atoms with van der Waals surface area (Å²) >= 11 is 1.34. The van der Waals surface area contributed by atoms with Crippen LogP contribution in [-0.2, 0) is 40.5 Å². The molecule has 1 heterocycles. The van der Waals surface area contributed by atoms with Gasteiger partial charge in [0, 0.05) is 33.9 Å². The molecule has 0 unspecified atom stereocenters. The van der Waals surface area contributed by atoms with Gasteiger partial charge in [-0.3, -0.25) is 32.6 Å². The Morgan fingerprint density at radius 3 is 1.22 bits per heavy atom. The first-order valence-electron chi connectivity index (χ1n) is 20.8. The Balaban J connectivity index is 0.000000331. The minimum Gasteiger partial charge on any atom is -0.497 e. The van der Waals surface area contributed by atoms with Gasteiger partial charge in [-0.1, -0.05) is 47.8 Å². The van der Waals surface area contributed by atoms with Crippen LogP contribution in [0.2, 0.25) is 0 Å². The molecule has 412 valence electrons. The molecule has 6 aromatic carbocycles. The van der Waals surface area contributed by atoms with Gasteiger partial charge in [0.2, 0.25) is 0 Å². The van der Waals surface area contributed by atoms with Crippen LogP contribution in [-0.4, -0.2) is 92.1 Å². The molecular weight excluding hydrogens is 1110 g/mol. The summed E-state index contributed by atoms with van der Waals surface area (Å²) in [5.41, 5.74) is 34.4. The van der Waals surface area contributed by atoms with Gasteiger partial charge < -0.3 is 48.6 Å². The summed E-state index contributed by atoms with van der Waals surface area (Å²) in [7, 11) is -12.8. The third kappa shape index (κ3) is 22.5. The summed E-state index contributed by atoms with van der Waals surface area (Å²) in [6.07, 6.45) is 4.95. The van der Waals surface area contributed by atoms with Crippen LogP contribution in [0.3, 0.4) is 0 Å². The number of hydrogen-bond donors (Lipinski definition) is 10. The average molecular weight is 1160 g/mol. The number of thiophene rings is 1. The predicted octanol–water partition coefficient (Wildman–Crippen LogP) is 6.29. The summed E-state index contributed by atoms with van der Waals surface area (Å²) in [5, 5.41) is 0.775. The van der Waals surface area contributed by atoms with E-state index in [-0.39, 0.29) is 49.4 Å². The van der Waals surface area contributed by atoms with Gasteiger partial charge in [-0.25, -0.2) is 0 Å². The third-order valence-electron chi connectivity index (χ3n) is 9.10. The molecule has 0 saturated carbocycles. The van der Waals surface area contributed by atoms with E-state index in [0.29, 0.717) is 27.4 Å². The topological polar surface area (TPSA) is 452 Å². The van der Waals surface area contributed by atoms with E-state index in [1.54, 1.807) is 82.0 Å². The van der Waals surface area contributed by atoms with Gasteiger partial charge in [0.15, 0.2) is 11.3 Å². The lowest BCUT2D eigenvalue weighted by Crippen LogP contribution is -2.03. The van der Waals surface area contributed by atoms with E-state index >= 15 is 0 Å². The highest BCUT2D eigenvalue weighted by molar-refractivity contribution is 7.86. The number of benzene rings is 6. The first-order valence-corrected chi connectivity index (χ1v) is 27.4. The smallest absolute Gasteiger partial charge is 0.296 e. The normalized spacial score (nSPS) is 10.8. The van der Waals surface area contributed by atoms with Crippen molar-refractivity contribution < 1.29 is 80.5 Å². The highest BCUT2D eigenvalue weighted by Crippen LogP contribution is 2.26. The molecule has 16 N–H and O–H groups in total. The fourth-order valence-electron chi connectivity index (χ4n) is 5.48. The summed E-state index contributed by atoms with van der Waals surface area (Å²) in [5.74, 6) is 1.48. The first kappa shape index (κ1) is 64.7. The maximum absolute atomic E-state index is 11.4. The summed E-state index contributed by atoms with van der Waals surface area (Å²) in [6, 6.07) is 32.7. The maximum Gasteiger partial charge on any atom is 0.296 e. The van der Waals surface area contributed by atoms with Gasteiger partial charge in [-0.15, -0.1) is 0 Å². The van der Waals surface area contributed by atoms with Gasteiger partial charge in [0.05, 0.1) is 37.6 Å². The standard InChI is InChI=1S/C14H14N2O6S2.2C8H8O2.2C6H8N2O3S.C6H6O2S/c15-11-5-3-9(13(7-11)23(17,18)19)1-2-10-4-6-12(16)8-14(10)24(20,21)22;1-10-8-4-2-7(6-9)3-5-8;1-10-8-4-2-3-7(5-8)6-9;7-4-1-2-6(5(8)3-4)12(9,10)11;7-4-1-2-5(8)6(3-4)12(9,10)11;1-8-6-3-2-5(4-7)9-6/h1-8H,15-16H2,(H,17,18,19)(H,20,21,22);2*2-6H,1H3;2*1-3H,7-8H2,(H,9,10,11);2-4H,1H3/b2-1+;;;;;. The molecule has 0 atom stereocenters. The molecule has 29 heteroatoms. The Hall–Kier alpha value is -8.39. The minimum atomic E-state index is -4.52. The van der Waals surface area contributed by atoms with Crippen LogP contribution in [0, 0.1) is 0 Å². The molecule has 24 nitrogen and oxygen atoms in total. The molecule has 0 aliphatic carbocycles. The van der Waals surface area contributed by atoms with E-state index in [1.807, 2.05) is 0 Å². The minimum absolute atomic E-state index is 0.0216. The highest BCUT2D eigenvalue weighted by atomic mass is 32.2. The molecule has 0 saturated heterocycles. The van der Waals surface area contributed by atoms with Gasteiger partial charge in [0.25, 0.3) is 40.5 Å². The number of carbonyl (C=O) groups excluding carboxylic acids is 3. The molecule has 0 spiro atoms. The lowest BCUT2D eigenvalue weighted by Gasteiger charge is -2.06. The number of rotatable bonds is 12. The van der Waals surface area contributed by atoms with Gasteiger partial charge in [-0.2, -0.15) is 33.7 Å². The Morgan fingerprint density at radius 2 is 0.844 bits per heavy atom. The molecule has 0 bridgehead atoms. The zero-order chi connectivity index (χ0) is 58.3. The van der Waals surface area contributed by atoms with E-state index in [2.05, 4.69) is 0 Å². The predicted molar refractivity (Wildman–Crippen MR) is 293 cm³/mol. The van der Waals surface area contributed by atoms with Crippen molar-refractivity contribution in [2.45, 2.75) is 19.6 Å². The van der Waals surface area contributed by atoms with Crippen molar-refractivity contribution in [2.75, 3.05) is 55.7 Å². The number of methoxy groups -OCH3 is 3. The number of anilines is 6. The third-order valence-corrected chi connectivity index (χ3v) is 13.7. The average Bonchev–Trinajstić information content (AvgIpc) is 3.85. The fourth-order valence-corrected chi connectivity index (χ4v) is 8.81. The molecule has 0 aliphatic rings. The van der Waals surface area contributed by atoms with E-state index in [4.69, 9.17) is 57.7 Å². The second-order valence-electron chi connectivity index (χ2n) is 14.7. The number of nitrogen functional groups attached to an aromatic ring is 6. The highest BCUT2D eigenvalue weighted by Gasteiger charge is 2.17. The largest absolute Gasteiger partial charge is 0.497 e. The molecule has 0 amide bonds. The maximum atomic E-state index is 11.4. The Kier molecular flexibility index (Phi) is 24.9. The van der Waals surface area contributed by atoms with Gasteiger partial charge in [0.1, 0.15) is 43.7 Å². The molecule has 1 aromatic heterocycles. The number of hydrogen-bond acceptors (Lipinski definition) is 21. The Bertz CT molecular complexity index is 3550. The van der Waals surface area contributed by atoms with Crippen molar-refractivity contribution in [3.05, 3.63) is 161 Å².